The van der Waals surface area contributed by atoms with Gasteiger partial charge in [0.15, 0.2) is 0 Å². The fourth-order valence-electron chi connectivity index (χ4n) is 4.28. The van der Waals surface area contributed by atoms with Crippen molar-refractivity contribution in [2.24, 2.45) is 23.0 Å². The lowest BCUT2D eigenvalue weighted by atomic mass is 9.75. The lowest BCUT2D eigenvalue weighted by Crippen LogP contribution is -2.65. The zero-order chi connectivity index (χ0) is 14.3. The summed E-state index contributed by atoms with van der Waals surface area (Å²) in [6.45, 7) is 14.1. The molecule has 0 aromatic heterocycles. The minimum Gasteiger partial charge on any atom is -0.329 e. The molecule has 0 aromatic carbocycles. The van der Waals surface area contributed by atoms with Crippen LogP contribution in [0.3, 0.4) is 0 Å². The highest BCUT2D eigenvalue weighted by Gasteiger charge is 2.47. The van der Waals surface area contributed by atoms with Crippen LogP contribution in [-0.4, -0.2) is 41.1 Å². The smallest absolute Gasteiger partial charge is 0.0430 e. The molecular formula is C16H32N2S. The Hall–Kier alpha value is 0.270. The fourth-order valence-corrected chi connectivity index (χ4v) is 5.81. The fraction of sp³-hybridized carbons (Fsp3) is 1.00. The molecule has 4 atom stereocenters. The Morgan fingerprint density at radius 1 is 1.21 bits per heavy atom. The van der Waals surface area contributed by atoms with Crippen LogP contribution in [0.25, 0.3) is 0 Å². The first-order valence-corrected chi connectivity index (χ1v) is 9.00. The third-order valence-corrected chi connectivity index (χ3v) is 6.99. The zero-order valence-corrected chi connectivity index (χ0v) is 14.2. The van der Waals surface area contributed by atoms with Gasteiger partial charge in [-0.15, -0.1) is 0 Å². The van der Waals surface area contributed by atoms with Crippen molar-refractivity contribution in [2.45, 2.75) is 59.0 Å². The van der Waals surface area contributed by atoms with Crippen molar-refractivity contribution >= 4 is 11.8 Å². The van der Waals surface area contributed by atoms with Crippen molar-refractivity contribution in [1.82, 2.24) is 4.90 Å². The van der Waals surface area contributed by atoms with Crippen LogP contribution in [0.2, 0.25) is 0 Å². The Morgan fingerprint density at radius 3 is 2.47 bits per heavy atom. The number of nitrogens with two attached hydrogens (primary N) is 1. The predicted molar refractivity (Wildman–Crippen MR) is 86.6 cm³/mol. The molecule has 4 unspecified atom stereocenters. The Morgan fingerprint density at radius 2 is 1.89 bits per heavy atom. The maximum absolute atomic E-state index is 6.29. The highest BCUT2D eigenvalue weighted by atomic mass is 32.2. The molecule has 2 aliphatic rings. The van der Waals surface area contributed by atoms with E-state index >= 15 is 0 Å². The van der Waals surface area contributed by atoms with E-state index in [2.05, 4.69) is 51.3 Å². The molecule has 2 saturated heterocycles. The second kappa shape index (κ2) is 5.57. The number of likely N-dealkylation sites (tertiary alicyclic amines) is 1. The van der Waals surface area contributed by atoms with Gasteiger partial charge in [-0.2, -0.15) is 11.8 Å². The van der Waals surface area contributed by atoms with E-state index in [-0.39, 0.29) is 5.54 Å². The van der Waals surface area contributed by atoms with Crippen LogP contribution < -0.4 is 5.73 Å². The highest BCUT2D eigenvalue weighted by molar-refractivity contribution is 7.99. The monoisotopic (exact) mass is 284 g/mol. The molecular weight excluding hydrogens is 252 g/mol. The summed E-state index contributed by atoms with van der Waals surface area (Å²) in [7, 11) is 0. The van der Waals surface area contributed by atoms with Crippen molar-refractivity contribution in [3.63, 3.8) is 0 Å². The molecule has 112 valence electrons. The zero-order valence-electron chi connectivity index (χ0n) is 13.4. The first-order chi connectivity index (χ1) is 8.80. The number of rotatable bonds is 2. The number of thioether (sulfide) groups is 1. The van der Waals surface area contributed by atoms with Gasteiger partial charge >= 0.3 is 0 Å². The Labute approximate surface area is 123 Å². The van der Waals surface area contributed by atoms with E-state index in [9.17, 15) is 0 Å². The second-order valence-electron chi connectivity index (χ2n) is 7.97. The van der Waals surface area contributed by atoms with Crippen LogP contribution in [0.1, 0.15) is 47.5 Å². The summed E-state index contributed by atoms with van der Waals surface area (Å²) in [6, 6.07) is 0.675. The maximum Gasteiger partial charge on any atom is 0.0430 e. The summed E-state index contributed by atoms with van der Waals surface area (Å²) in [5.41, 5.74) is 6.94. The Kier molecular flexibility index (Phi) is 4.59. The molecule has 0 amide bonds. The Bertz CT molecular complexity index is 318. The lowest BCUT2D eigenvalue weighted by molar-refractivity contribution is -0.0251. The van der Waals surface area contributed by atoms with Crippen LogP contribution in [0.5, 0.6) is 0 Å². The minimum absolute atomic E-state index is 0.231. The average Bonchev–Trinajstić information content (AvgIpc) is 2.32. The summed E-state index contributed by atoms with van der Waals surface area (Å²) in [5.74, 6) is 4.10. The molecule has 0 spiro atoms. The highest BCUT2D eigenvalue weighted by Crippen LogP contribution is 2.44. The molecule has 0 saturated carbocycles. The molecule has 3 heteroatoms. The van der Waals surface area contributed by atoms with Gasteiger partial charge < -0.3 is 5.73 Å². The van der Waals surface area contributed by atoms with Gasteiger partial charge in [0.1, 0.15) is 0 Å². The third-order valence-electron chi connectivity index (χ3n) is 5.26. The maximum atomic E-state index is 6.29. The van der Waals surface area contributed by atoms with Crippen LogP contribution in [0, 0.1) is 17.3 Å². The number of nitrogens with zero attached hydrogens (tertiary/aromatic N) is 1. The standard InChI is InChI=1S/C16H32N2S/c1-12-6-13(2)14(3)18(7-12)16(9-17)8-15(4,5)10-19-11-16/h12-14H,6-11,17H2,1-5H3. The lowest BCUT2D eigenvalue weighted by Gasteiger charge is -2.56. The van der Waals surface area contributed by atoms with Gasteiger partial charge in [0.25, 0.3) is 0 Å². The predicted octanol–water partition coefficient (Wildman–Crippen LogP) is 3.21. The normalized spacial score (nSPS) is 44.2. The number of piperidine rings is 1. The van der Waals surface area contributed by atoms with Crippen LogP contribution in [-0.2, 0) is 0 Å². The molecule has 2 fully saturated rings. The average molecular weight is 285 g/mol. The molecule has 2 aliphatic heterocycles. The van der Waals surface area contributed by atoms with Gasteiger partial charge in [-0.25, -0.2) is 0 Å². The topological polar surface area (TPSA) is 29.3 Å². The molecule has 0 radical (unpaired) electrons. The van der Waals surface area contributed by atoms with Gasteiger partial charge in [-0.05, 0) is 42.8 Å². The van der Waals surface area contributed by atoms with E-state index in [0.29, 0.717) is 11.5 Å². The van der Waals surface area contributed by atoms with Crippen molar-refractivity contribution in [2.75, 3.05) is 24.6 Å². The molecule has 2 heterocycles. The van der Waals surface area contributed by atoms with E-state index in [1.54, 1.807) is 0 Å². The van der Waals surface area contributed by atoms with Gasteiger partial charge in [0, 0.05) is 30.4 Å². The Balaban J connectivity index is 2.24. The molecule has 19 heavy (non-hydrogen) atoms. The summed E-state index contributed by atoms with van der Waals surface area (Å²) >= 11 is 2.11. The van der Waals surface area contributed by atoms with Gasteiger partial charge in [-0.1, -0.05) is 27.7 Å². The van der Waals surface area contributed by atoms with Gasteiger partial charge in [0.05, 0.1) is 0 Å². The van der Waals surface area contributed by atoms with Crippen molar-refractivity contribution < 1.29 is 0 Å². The first kappa shape index (κ1) is 15.7. The van der Waals surface area contributed by atoms with E-state index < -0.39 is 0 Å². The van der Waals surface area contributed by atoms with E-state index in [1.165, 1.54) is 30.9 Å². The largest absolute Gasteiger partial charge is 0.329 e. The van der Waals surface area contributed by atoms with E-state index in [4.69, 9.17) is 5.73 Å². The molecule has 0 aromatic rings. The summed E-state index contributed by atoms with van der Waals surface area (Å²) in [4.78, 5) is 2.78. The number of hydrogen-bond donors (Lipinski definition) is 1. The molecule has 2 N–H and O–H groups in total. The summed E-state index contributed by atoms with van der Waals surface area (Å²) in [5, 5.41) is 0. The summed E-state index contributed by atoms with van der Waals surface area (Å²) < 4.78 is 0. The van der Waals surface area contributed by atoms with Crippen molar-refractivity contribution in [3.05, 3.63) is 0 Å². The summed E-state index contributed by atoms with van der Waals surface area (Å²) in [6.07, 6.45) is 2.63. The molecule has 2 rings (SSSR count). The molecule has 2 nitrogen and oxygen atoms in total. The number of hydrogen-bond acceptors (Lipinski definition) is 3. The quantitative estimate of drug-likeness (QED) is 0.844. The SMILES string of the molecule is CC1CC(C)C(C)N(C2(CN)CSCC(C)(C)C2)C1. The van der Waals surface area contributed by atoms with Crippen LogP contribution in [0.4, 0.5) is 0 Å². The van der Waals surface area contributed by atoms with Crippen LogP contribution >= 0.6 is 11.8 Å². The molecule has 0 bridgehead atoms. The van der Waals surface area contributed by atoms with Gasteiger partial charge in [0.2, 0.25) is 0 Å². The van der Waals surface area contributed by atoms with Gasteiger partial charge in [-0.3, -0.25) is 4.90 Å². The van der Waals surface area contributed by atoms with Crippen molar-refractivity contribution in [1.29, 1.82) is 0 Å². The first-order valence-electron chi connectivity index (χ1n) is 7.84. The second-order valence-corrected chi connectivity index (χ2v) is 8.96. The molecule has 0 aliphatic carbocycles. The van der Waals surface area contributed by atoms with Crippen molar-refractivity contribution in [3.8, 4) is 0 Å². The van der Waals surface area contributed by atoms with E-state index in [1.807, 2.05) is 0 Å². The van der Waals surface area contributed by atoms with Crippen LogP contribution in [0.15, 0.2) is 0 Å². The van der Waals surface area contributed by atoms with E-state index in [0.717, 1.165) is 18.4 Å². The minimum atomic E-state index is 0.231. The third kappa shape index (κ3) is 3.14.